The van der Waals surface area contributed by atoms with E-state index in [2.05, 4.69) is 0 Å². The van der Waals surface area contributed by atoms with Crippen LogP contribution in [0, 0.1) is 5.92 Å². The molecule has 0 aromatic rings. The Morgan fingerprint density at radius 3 is 2.53 bits per heavy atom. The first-order chi connectivity index (χ1) is 7.11. The molecule has 0 saturated carbocycles. The molecule has 5 heteroatoms. The lowest BCUT2D eigenvalue weighted by atomic mass is 9.92. The molecule has 15 heavy (non-hydrogen) atoms. The molecule has 0 aromatic carbocycles. The van der Waals surface area contributed by atoms with E-state index in [1.165, 1.54) is 0 Å². The van der Waals surface area contributed by atoms with Gasteiger partial charge in [-0.25, -0.2) is 0 Å². The van der Waals surface area contributed by atoms with Crippen LogP contribution in [0.25, 0.3) is 0 Å². The molecule has 0 radical (unpaired) electrons. The normalized spacial score (nSPS) is 41.8. The minimum atomic E-state index is -1.05. The van der Waals surface area contributed by atoms with E-state index >= 15 is 0 Å². The summed E-state index contributed by atoms with van der Waals surface area (Å²) in [5, 5.41) is 28.2. The molecule has 1 heterocycles. The van der Waals surface area contributed by atoms with Crippen molar-refractivity contribution in [1.29, 1.82) is 0 Å². The molecule has 0 bridgehead atoms. The fourth-order valence-corrected chi connectivity index (χ4v) is 1.64. The summed E-state index contributed by atoms with van der Waals surface area (Å²) < 4.78 is 10.7. The fourth-order valence-electron chi connectivity index (χ4n) is 1.64. The third-order valence-corrected chi connectivity index (χ3v) is 2.67. The largest absolute Gasteiger partial charge is 0.394 e. The smallest absolute Gasteiger partial charge is 0.163 e. The molecule has 92 valence electrons. The van der Waals surface area contributed by atoms with Crippen molar-refractivity contribution >= 4 is 0 Å². The zero-order valence-electron chi connectivity index (χ0n) is 9.17. The Balaban J connectivity index is 0.00000225. The summed E-state index contributed by atoms with van der Waals surface area (Å²) >= 11 is 0. The predicted molar refractivity (Wildman–Crippen MR) is 55.3 cm³/mol. The van der Waals surface area contributed by atoms with Gasteiger partial charge >= 0.3 is 0 Å². The number of ether oxygens (including phenoxy) is 2. The molecule has 0 aromatic heterocycles. The standard InChI is InChI=1S/C10H20O5.H2/c1-3-4-14-10-6(2)8(12)9(13)7(5-11)15-10;/h6-13H,3-5H2,1-2H3;1H. The van der Waals surface area contributed by atoms with Crippen molar-refractivity contribution in [3.63, 3.8) is 0 Å². The number of aliphatic hydroxyl groups excluding tert-OH is 3. The number of rotatable bonds is 4. The Bertz CT molecular complexity index is 190. The molecule has 0 aliphatic carbocycles. The maximum atomic E-state index is 9.70. The Morgan fingerprint density at radius 1 is 1.33 bits per heavy atom. The molecular formula is C10H22O5. The van der Waals surface area contributed by atoms with Crippen LogP contribution in [0.2, 0.25) is 0 Å². The van der Waals surface area contributed by atoms with E-state index < -0.39 is 24.6 Å². The SMILES string of the molecule is CCCOC1OC(CO)C(O)C(O)C1C.[HH]. The van der Waals surface area contributed by atoms with Gasteiger partial charge in [0.15, 0.2) is 6.29 Å². The second-order valence-corrected chi connectivity index (χ2v) is 3.94. The van der Waals surface area contributed by atoms with Crippen molar-refractivity contribution in [3.8, 4) is 0 Å². The summed E-state index contributed by atoms with van der Waals surface area (Å²) in [6.45, 7) is 3.94. The monoisotopic (exact) mass is 222 g/mol. The first-order valence-corrected chi connectivity index (χ1v) is 5.35. The van der Waals surface area contributed by atoms with Crippen LogP contribution < -0.4 is 0 Å². The minimum Gasteiger partial charge on any atom is -0.394 e. The fraction of sp³-hybridized carbons (Fsp3) is 1.00. The molecule has 0 spiro atoms. The molecule has 5 nitrogen and oxygen atoms in total. The third-order valence-electron chi connectivity index (χ3n) is 2.67. The van der Waals surface area contributed by atoms with Crippen LogP contribution in [-0.2, 0) is 9.47 Å². The number of hydrogen-bond acceptors (Lipinski definition) is 5. The van der Waals surface area contributed by atoms with E-state index in [1.54, 1.807) is 6.92 Å². The van der Waals surface area contributed by atoms with Crippen LogP contribution in [0.5, 0.6) is 0 Å². The molecular weight excluding hydrogens is 200 g/mol. The van der Waals surface area contributed by atoms with Gasteiger partial charge in [0.05, 0.1) is 12.7 Å². The quantitative estimate of drug-likeness (QED) is 0.610. The van der Waals surface area contributed by atoms with E-state index in [0.29, 0.717) is 6.61 Å². The lowest BCUT2D eigenvalue weighted by molar-refractivity contribution is -0.282. The summed E-state index contributed by atoms with van der Waals surface area (Å²) in [5.74, 6) is -0.297. The van der Waals surface area contributed by atoms with E-state index in [4.69, 9.17) is 14.6 Å². The molecule has 1 fully saturated rings. The van der Waals surface area contributed by atoms with Crippen molar-refractivity contribution in [1.82, 2.24) is 0 Å². The van der Waals surface area contributed by atoms with Crippen molar-refractivity contribution in [3.05, 3.63) is 0 Å². The molecule has 3 N–H and O–H groups in total. The molecule has 1 saturated heterocycles. The zero-order chi connectivity index (χ0) is 11.4. The van der Waals surface area contributed by atoms with Gasteiger partial charge in [0.2, 0.25) is 0 Å². The minimum absolute atomic E-state index is 0. The van der Waals surface area contributed by atoms with Crippen molar-refractivity contribution in [2.75, 3.05) is 13.2 Å². The van der Waals surface area contributed by atoms with Crippen LogP contribution in [0.3, 0.4) is 0 Å². The molecule has 1 aliphatic rings. The topological polar surface area (TPSA) is 79.2 Å². The maximum Gasteiger partial charge on any atom is 0.163 e. The van der Waals surface area contributed by atoms with Crippen molar-refractivity contribution < 1.29 is 26.2 Å². The first kappa shape index (κ1) is 12.9. The van der Waals surface area contributed by atoms with Gasteiger partial charge in [0.1, 0.15) is 12.2 Å². The third kappa shape index (κ3) is 2.89. The molecule has 1 aliphatic heterocycles. The van der Waals surface area contributed by atoms with Gasteiger partial charge < -0.3 is 24.8 Å². The second kappa shape index (κ2) is 5.77. The highest BCUT2D eigenvalue weighted by Gasteiger charge is 2.42. The molecule has 5 unspecified atom stereocenters. The van der Waals surface area contributed by atoms with Gasteiger partial charge in [-0.15, -0.1) is 0 Å². The predicted octanol–water partition coefficient (Wildman–Crippen LogP) is -0.266. The number of hydrogen-bond donors (Lipinski definition) is 3. The van der Waals surface area contributed by atoms with Crippen LogP contribution in [0.4, 0.5) is 0 Å². The Labute approximate surface area is 91.1 Å². The summed E-state index contributed by atoms with van der Waals surface area (Å²) in [7, 11) is 0. The van der Waals surface area contributed by atoms with Gasteiger partial charge in [-0.05, 0) is 6.42 Å². The highest BCUT2D eigenvalue weighted by Crippen LogP contribution is 2.26. The average Bonchev–Trinajstić information content (AvgIpc) is 2.25. The van der Waals surface area contributed by atoms with Gasteiger partial charge in [0.25, 0.3) is 0 Å². The van der Waals surface area contributed by atoms with Crippen LogP contribution in [0.1, 0.15) is 21.7 Å². The van der Waals surface area contributed by atoms with Crippen molar-refractivity contribution in [2.45, 2.75) is 44.9 Å². The summed E-state index contributed by atoms with van der Waals surface area (Å²) in [6, 6.07) is 0. The highest BCUT2D eigenvalue weighted by atomic mass is 16.7. The lowest BCUT2D eigenvalue weighted by Crippen LogP contribution is -2.55. The van der Waals surface area contributed by atoms with Crippen LogP contribution in [-0.4, -0.2) is 53.1 Å². The molecule has 0 amide bonds. The van der Waals surface area contributed by atoms with E-state index in [1.807, 2.05) is 6.92 Å². The Kier molecular flexibility index (Phi) is 4.95. The maximum absolute atomic E-state index is 9.70. The highest BCUT2D eigenvalue weighted by molar-refractivity contribution is 4.86. The van der Waals surface area contributed by atoms with E-state index in [-0.39, 0.29) is 14.0 Å². The Hall–Kier alpha value is -0.200. The average molecular weight is 222 g/mol. The van der Waals surface area contributed by atoms with Gasteiger partial charge in [0, 0.05) is 14.0 Å². The van der Waals surface area contributed by atoms with Gasteiger partial charge in [-0.1, -0.05) is 13.8 Å². The second-order valence-electron chi connectivity index (χ2n) is 3.94. The summed E-state index contributed by atoms with van der Waals surface area (Å²) in [5.41, 5.74) is 0. The van der Waals surface area contributed by atoms with Gasteiger partial charge in [-0.2, -0.15) is 0 Å². The van der Waals surface area contributed by atoms with Crippen LogP contribution in [0.15, 0.2) is 0 Å². The Morgan fingerprint density at radius 2 is 2.00 bits per heavy atom. The number of aliphatic hydroxyl groups is 3. The summed E-state index contributed by atoms with van der Waals surface area (Å²) in [4.78, 5) is 0. The van der Waals surface area contributed by atoms with Crippen LogP contribution >= 0.6 is 0 Å². The van der Waals surface area contributed by atoms with Gasteiger partial charge in [-0.3, -0.25) is 0 Å². The lowest BCUT2D eigenvalue weighted by Gasteiger charge is -2.40. The van der Waals surface area contributed by atoms with E-state index in [9.17, 15) is 10.2 Å². The zero-order valence-corrected chi connectivity index (χ0v) is 9.17. The molecule has 5 atom stereocenters. The first-order valence-electron chi connectivity index (χ1n) is 5.35. The van der Waals surface area contributed by atoms with Crippen molar-refractivity contribution in [2.24, 2.45) is 5.92 Å². The van der Waals surface area contributed by atoms with E-state index in [0.717, 1.165) is 6.42 Å². The summed E-state index contributed by atoms with van der Waals surface area (Å²) in [6.07, 6.45) is -2.43. The molecule has 1 rings (SSSR count).